The number of carbonyl (C=O) groups is 1. The zero-order valence-corrected chi connectivity index (χ0v) is 13.3. The van der Waals surface area contributed by atoms with E-state index in [9.17, 15) is 4.79 Å². The van der Waals surface area contributed by atoms with Crippen LogP contribution in [0.15, 0.2) is 16.7 Å². The number of H-pyrrole nitrogens is 1. The van der Waals surface area contributed by atoms with Gasteiger partial charge in [0.25, 0.3) is 5.91 Å². The molecule has 1 aromatic heterocycles. The van der Waals surface area contributed by atoms with Gasteiger partial charge in [-0.1, -0.05) is 0 Å². The summed E-state index contributed by atoms with van der Waals surface area (Å²) in [6.45, 7) is 2.35. The summed E-state index contributed by atoms with van der Waals surface area (Å²) in [6.07, 6.45) is 5.22. The number of carbonyl (C=O) groups excluding carboxylic acids is 1. The van der Waals surface area contributed by atoms with Gasteiger partial charge < -0.3 is 14.6 Å². The average molecular weight is 302 g/mol. The van der Waals surface area contributed by atoms with Crippen molar-refractivity contribution in [3.8, 4) is 0 Å². The minimum Gasteiger partial charge on any atom is -0.476 e. The molecule has 1 aliphatic carbocycles. The van der Waals surface area contributed by atoms with Gasteiger partial charge in [-0.25, -0.2) is 5.43 Å². The molecule has 1 unspecified atom stereocenters. The molecule has 6 heteroatoms. The number of aromatic amines is 1. The number of amides is 1. The van der Waals surface area contributed by atoms with E-state index in [-0.39, 0.29) is 5.91 Å². The van der Waals surface area contributed by atoms with Gasteiger partial charge >= 0.3 is 0 Å². The van der Waals surface area contributed by atoms with Crippen molar-refractivity contribution < 1.29 is 9.53 Å². The summed E-state index contributed by atoms with van der Waals surface area (Å²) in [5.74, 6) is 0.143. The summed E-state index contributed by atoms with van der Waals surface area (Å²) >= 11 is 0. The van der Waals surface area contributed by atoms with Gasteiger partial charge in [0.1, 0.15) is 5.57 Å². The van der Waals surface area contributed by atoms with Gasteiger partial charge in [0.05, 0.1) is 6.61 Å². The quantitative estimate of drug-likeness (QED) is 0.837. The van der Waals surface area contributed by atoms with Crippen molar-refractivity contribution in [2.24, 2.45) is 5.10 Å². The summed E-state index contributed by atoms with van der Waals surface area (Å²) in [6, 6.07) is 2.58. The third-order valence-electron chi connectivity index (χ3n) is 4.16. The molecular formula is C16H22N4O2. The Hall–Kier alpha value is -2.08. The van der Waals surface area contributed by atoms with E-state index in [1.54, 1.807) is 0 Å². The van der Waals surface area contributed by atoms with E-state index < -0.39 is 0 Å². The smallest absolute Gasteiger partial charge is 0.277 e. The molecule has 0 bridgehead atoms. The van der Waals surface area contributed by atoms with Gasteiger partial charge in [-0.3, -0.25) is 4.79 Å². The monoisotopic (exact) mass is 302 g/mol. The molecule has 1 aromatic rings. The lowest BCUT2D eigenvalue weighted by molar-refractivity contribution is -0.116. The van der Waals surface area contributed by atoms with Crippen LogP contribution in [0.1, 0.15) is 42.8 Å². The first-order chi connectivity index (χ1) is 10.6. The topological polar surface area (TPSA) is 69.7 Å². The number of ether oxygens (including phenoxy) is 1. The second kappa shape index (κ2) is 5.96. The number of hydrazone groups is 1. The van der Waals surface area contributed by atoms with Crippen LogP contribution in [0.3, 0.4) is 0 Å². The maximum atomic E-state index is 11.9. The predicted molar refractivity (Wildman–Crippen MR) is 85.3 cm³/mol. The van der Waals surface area contributed by atoms with E-state index in [1.165, 1.54) is 24.1 Å². The molecule has 0 fully saturated rings. The number of aromatic nitrogens is 1. The van der Waals surface area contributed by atoms with Crippen LogP contribution < -0.4 is 5.43 Å². The summed E-state index contributed by atoms with van der Waals surface area (Å²) in [5.41, 5.74) is 6.45. The maximum Gasteiger partial charge on any atom is 0.277 e. The standard InChI is InChI=1S/C16H22N4O2/c1-4-22-16-12(15(21)18-19-16)9-10-8-11-13(17-10)6-5-7-14(11)20(2)3/h8-9,14,17H,4-7H2,1-3H3,(H,18,21)/b12-9+. The van der Waals surface area contributed by atoms with Gasteiger partial charge in [0, 0.05) is 17.4 Å². The molecule has 0 saturated heterocycles. The molecule has 1 amide bonds. The van der Waals surface area contributed by atoms with E-state index in [1.807, 2.05) is 13.0 Å². The Morgan fingerprint density at radius 1 is 1.50 bits per heavy atom. The van der Waals surface area contributed by atoms with Gasteiger partial charge in [-0.15, -0.1) is 5.10 Å². The normalized spacial score (nSPS) is 22.7. The molecule has 2 heterocycles. The Labute approximate surface area is 130 Å². The Morgan fingerprint density at radius 3 is 3.05 bits per heavy atom. The van der Waals surface area contributed by atoms with Gasteiger partial charge in [0.15, 0.2) is 0 Å². The lowest BCUT2D eigenvalue weighted by Gasteiger charge is -2.28. The van der Waals surface area contributed by atoms with E-state index in [0.29, 0.717) is 24.1 Å². The third kappa shape index (κ3) is 2.66. The van der Waals surface area contributed by atoms with Crippen molar-refractivity contribution in [2.45, 2.75) is 32.2 Å². The highest BCUT2D eigenvalue weighted by Gasteiger charge is 2.26. The molecule has 1 aliphatic heterocycles. The van der Waals surface area contributed by atoms with Gasteiger partial charge in [-0.2, -0.15) is 0 Å². The second-order valence-electron chi connectivity index (χ2n) is 5.88. The first kappa shape index (κ1) is 14.8. The number of nitrogens with one attached hydrogen (secondary N) is 2. The molecule has 22 heavy (non-hydrogen) atoms. The highest BCUT2D eigenvalue weighted by molar-refractivity contribution is 6.24. The lowest BCUT2D eigenvalue weighted by Crippen LogP contribution is -2.23. The largest absolute Gasteiger partial charge is 0.476 e. The maximum absolute atomic E-state index is 11.9. The Balaban J connectivity index is 1.92. The fourth-order valence-corrected chi connectivity index (χ4v) is 3.13. The SMILES string of the molecule is CCOC1=NNC(=O)/C1=C\c1cc2c([nH]1)CCCC2N(C)C. The fraction of sp³-hybridized carbons (Fsp3) is 0.500. The van der Waals surface area contributed by atoms with Crippen molar-refractivity contribution in [2.75, 3.05) is 20.7 Å². The van der Waals surface area contributed by atoms with Crippen LogP contribution in [0.4, 0.5) is 0 Å². The molecule has 6 nitrogen and oxygen atoms in total. The molecular weight excluding hydrogens is 280 g/mol. The van der Waals surface area contributed by atoms with Crippen LogP contribution in [0, 0.1) is 0 Å². The third-order valence-corrected chi connectivity index (χ3v) is 4.16. The van der Waals surface area contributed by atoms with Crippen molar-refractivity contribution in [3.63, 3.8) is 0 Å². The van der Waals surface area contributed by atoms with Crippen LogP contribution in [0.2, 0.25) is 0 Å². The summed E-state index contributed by atoms with van der Waals surface area (Å²) in [5, 5.41) is 3.91. The predicted octanol–water partition coefficient (Wildman–Crippen LogP) is 1.82. The summed E-state index contributed by atoms with van der Waals surface area (Å²) in [4.78, 5) is 17.6. The molecule has 2 N–H and O–H groups in total. The van der Waals surface area contributed by atoms with Crippen molar-refractivity contribution >= 4 is 17.9 Å². The van der Waals surface area contributed by atoms with Crippen LogP contribution >= 0.6 is 0 Å². The van der Waals surface area contributed by atoms with E-state index in [2.05, 4.69) is 40.6 Å². The van der Waals surface area contributed by atoms with Crippen molar-refractivity contribution in [3.05, 3.63) is 28.6 Å². The summed E-state index contributed by atoms with van der Waals surface area (Å²) in [7, 11) is 4.21. The van der Waals surface area contributed by atoms with Crippen LogP contribution in [0.5, 0.6) is 0 Å². The van der Waals surface area contributed by atoms with Crippen LogP contribution in [0.25, 0.3) is 6.08 Å². The van der Waals surface area contributed by atoms with E-state index in [4.69, 9.17) is 4.74 Å². The van der Waals surface area contributed by atoms with E-state index in [0.717, 1.165) is 12.1 Å². The first-order valence-electron chi connectivity index (χ1n) is 7.71. The lowest BCUT2D eigenvalue weighted by atomic mass is 9.92. The Morgan fingerprint density at radius 2 is 2.32 bits per heavy atom. The molecule has 1 atom stereocenters. The highest BCUT2D eigenvalue weighted by atomic mass is 16.5. The molecule has 118 valence electrons. The molecule has 2 aliphatic rings. The van der Waals surface area contributed by atoms with E-state index >= 15 is 0 Å². The molecule has 0 radical (unpaired) electrons. The Bertz CT molecular complexity index is 643. The molecule has 0 spiro atoms. The number of rotatable bonds is 3. The second-order valence-corrected chi connectivity index (χ2v) is 5.88. The average Bonchev–Trinajstić information content (AvgIpc) is 3.04. The number of hydrogen-bond donors (Lipinski definition) is 2. The minimum atomic E-state index is -0.222. The van der Waals surface area contributed by atoms with Crippen molar-refractivity contribution in [1.29, 1.82) is 0 Å². The fourth-order valence-electron chi connectivity index (χ4n) is 3.13. The molecule has 3 rings (SSSR count). The van der Waals surface area contributed by atoms with Crippen molar-refractivity contribution in [1.82, 2.24) is 15.3 Å². The van der Waals surface area contributed by atoms with Gasteiger partial charge in [0.2, 0.25) is 5.90 Å². The van der Waals surface area contributed by atoms with Gasteiger partial charge in [-0.05, 0) is 58.0 Å². The van der Waals surface area contributed by atoms with Crippen LogP contribution in [-0.2, 0) is 16.0 Å². The first-order valence-corrected chi connectivity index (χ1v) is 7.71. The number of nitrogens with zero attached hydrogens (tertiary/aromatic N) is 2. The minimum absolute atomic E-state index is 0.222. The zero-order valence-electron chi connectivity index (χ0n) is 13.3. The number of hydrogen-bond acceptors (Lipinski definition) is 4. The summed E-state index contributed by atoms with van der Waals surface area (Å²) < 4.78 is 5.40. The number of aryl methyl sites for hydroxylation is 1. The molecule has 0 aromatic carbocycles. The molecule has 0 saturated carbocycles. The zero-order chi connectivity index (χ0) is 15.7. The number of fused-ring (bicyclic) bond motifs is 1. The highest BCUT2D eigenvalue weighted by Crippen LogP contribution is 2.33. The van der Waals surface area contributed by atoms with Crippen LogP contribution in [-0.4, -0.2) is 42.4 Å². The Kier molecular flexibility index (Phi) is 4.02.